The van der Waals surface area contributed by atoms with Gasteiger partial charge in [0.1, 0.15) is 12.3 Å². The SMILES string of the molecule is CCC(NC1CC(=O)N(CC(F)(F)F)C1)c1ccccc1O. The molecule has 7 heteroatoms. The number of carbonyl (C=O) groups excluding carboxylic acids is 1. The third-order valence-corrected chi connectivity index (χ3v) is 3.74. The molecule has 2 unspecified atom stereocenters. The summed E-state index contributed by atoms with van der Waals surface area (Å²) >= 11 is 0. The van der Waals surface area contributed by atoms with Crippen molar-refractivity contribution in [2.75, 3.05) is 13.1 Å². The molecular formula is C15H19F3N2O2. The Morgan fingerprint density at radius 2 is 2.09 bits per heavy atom. The van der Waals surface area contributed by atoms with Crippen LogP contribution in [-0.4, -0.2) is 41.2 Å². The molecule has 1 heterocycles. The maximum atomic E-state index is 12.4. The summed E-state index contributed by atoms with van der Waals surface area (Å²) in [4.78, 5) is 12.5. The molecule has 0 aliphatic carbocycles. The summed E-state index contributed by atoms with van der Waals surface area (Å²) in [6.45, 7) is 0.730. The Morgan fingerprint density at radius 3 is 2.68 bits per heavy atom. The minimum atomic E-state index is -4.38. The molecule has 1 aliphatic rings. The van der Waals surface area contributed by atoms with Gasteiger partial charge in [-0.3, -0.25) is 4.79 Å². The molecule has 1 saturated heterocycles. The van der Waals surface area contributed by atoms with Gasteiger partial charge >= 0.3 is 6.18 Å². The van der Waals surface area contributed by atoms with Crippen LogP contribution in [0, 0.1) is 0 Å². The van der Waals surface area contributed by atoms with E-state index in [1.54, 1.807) is 24.3 Å². The first-order chi connectivity index (χ1) is 10.3. The third-order valence-electron chi connectivity index (χ3n) is 3.74. The number of hydrogen-bond acceptors (Lipinski definition) is 3. The number of alkyl halides is 3. The lowest BCUT2D eigenvalue weighted by Gasteiger charge is -2.23. The first-order valence-corrected chi connectivity index (χ1v) is 7.18. The number of hydrogen-bond donors (Lipinski definition) is 2. The molecule has 1 aliphatic heterocycles. The van der Waals surface area contributed by atoms with E-state index in [0.29, 0.717) is 12.0 Å². The lowest BCUT2D eigenvalue weighted by Crippen LogP contribution is -2.38. The highest BCUT2D eigenvalue weighted by atomic mass is 19.4. The van der Waals surface area contributed by atoms with Crippen molar-refractivity contribution in [2.24, 2.45) is 0 Å². The standard InChI is InChI=1S/C15H19F3N2O2/c1-2-12(11-5-3-4-6-13(11)21)19-10-7-14(22)20(8-10)9-15(16,17)18/h3-6,10,12,19,21H,2,7-9H2,1H3. The van der Waals surface area contributed by atoms with Gasteiger partial charge in [0.05, 0.1) is 0 Å². The van der Waals surface area contributed by atoms with Gasteiger partial charge < -0.3 is 15.3 Å². The number of halogens is 3. The van der Waals surface area contributed by atoms with Crippen LogP contribution in [0.5, 0.6) is 5.75 Å². The molecule has 0 spiro atoms. The fraction of sp³-hybridized carbons (Fsp3) is 0.533. The van der Waals surface area contributed by atoms with E-state index in [-0.39, 0.29) is 30.8 Å². The molecule has 0 saturated carbocycles. The van der Waals surface area contributed by atoms with E-state index in [2.05, 4.69) is 5.32 Å². The van der Waals surface area contributed by atoms with Crippen molar-refractivity contribution >= 4 is 5.91 Å². The van der Waals surface area contributed by atoms with Gasteiger partial charge in [0.25, 0.3) is 0 Å². The van der Waals surface area contributed by atoms with Crippen LogP contribution in [0.3, 0.4) is 0 Å². The summed E-state index contributed by atoms with van der Waals surface area (Å²) < 4.78 is 37.2. The topological polar surface area (TPSA) is 52.6 Å². The van der Waals surface area contributed by atoms with Gasteiger partial charge in [0.2, 0.25) is 5.91 Å². The Hall–Kier alpha value is -1.76. The van der Waals surface area contributed by atoms with Gasteiger partial charge in [0.15, 0.2) is 0 Å². The second kappa shape index (κ2) is 6.56. The second-order valence-corrected chi connectivity index (χ2v) is 5.48. The predicted molar refractivity (Wildman–Crippen MR) is 75.3 cm³/mol. The molecule has 2 rings (SSSR count). The maximum absolute atomic E-state index is 12.4. The lowest BCUT2D eigenvalue weighted by atomic mass is 10.0. The number of aromatic hydroxyl groups is 1. The summed E-state index contributed by atoms with van der Waals surface area (Å²) in [6, 6.07) is 6.27. The van der Waals surface area contributed by atoms with Gasteiger partial charge in [-0.25, -0.2) is 0 Å². The van der Waals surface area contributed by atoms with Crippen LogP contribution in [0.4, 0.5) is 13.2 Å². The normalized spacial score (nSPS) is 20.5. The number of benzene rings is 1. The molecule has 0 bridgehead atoms. The van der Waals surface area contributed by atoms with Crippen LogP contribution in [-0.2, 0) is 4.79 Å². The summed E-state index contributed by atoms with van der Waals surface area (Å²) in [5.74, 6) is -0.361. The molecule has 1 aromatic rings. The van der Waals surface area contributed by atoms with Crippen molar-refractivity contribution < 1.29 is 23.1 Å². The average molecular weight is 316 g/mol. The number of likely N-dealkylation sites (tertiary alicyclic amines) is 1. The molecule has 122 valence electrons. The number of phenolic OH excluding ortho intramolecular Hbond substituents is 1. The minimum Gasteiger partial charge on any atom is -0.508 e. The number of amides is 1. The zero-order chi connectivity index (χ0) is 16.3. The molecule has 22 heavy (non-hydrogen) atoms. The fourth-order valence-corrected chi connectivity index (χ4v) is 2.75. The summed E-state index contributed by atoms with van der Waals surface area (Å²) in [7, 11) is 0. The minimum absolute atomic E-state index is 0.0302. The number of nitrogens with one attached hydrogen (secondary N) is 1. The Bertz CT molecular complexity index is 534. The van der Waals surface area contributed by atoms with E-state index in [1.165, 1.54) is 0 Å². The van der Waals surface area contributed by atoms with E-state index in [4.69, 9.17) is 0 Å². The van der Waals surface area contributed by atoms with E-state index < -0.39 is 18.6 Å². The highest BCUT2D eigenvalue weighted by Crippen LogP contribution is 2.28. The molecule has 1 amide bonds. The number of carbonyl (C=O) groups is 1. The van der Waals surface area contributed by atoms with E-state index in [1.807, 2.05) is 6.92 Å². The molecule has 1 fully saturated rings. The van der Waals surface area contributed by atoms with Crippen molar-refractivity contribution in [1.82, 2.24) is 10.2 Å². The van der Waals surface area contributed by atoms with Gasteiger partial charge in [-0.2, -0.15) is 13.2 Å². The first kappa shape index (κ1) is 16.6. The van der Waals surface area contributed by atoms with Crippen molar-refractivity contribution in [3.8, 4) is 5.75 Å². The summed E-state index contributed by atoms with van der Waals surface area (Å²) in [5, 5.41) is 13.1. The molecule has 0 radical (unpaired) electrons. The van der Waals surface area contributed by atoms with Crippen LogP contribution < -0.4 is 5.32 Å². The van der Waals surface area contributed by atoms with Crippen LogP contribution in [0.2, 0.25) is 0 Å². The first-order valence-electron chi connectivity index (χ1n) is 7.18. The van der Waals surface area contributed by atoms with Crippen molar-refractivity contribution in [3.63, 3.8) is 0 Å². The van der Waals surface area contributed by atoms with E-state index in [0.717, 1.165) is 4.90 Å². The van der Waals surface area contributed by atoms with E-state index >= 15 is 0 Å². The fourth-order valence-electron chi connectivity index (χ4n) is 2.75. The predicted octanol–water partition coefficient (Wildman–Crippen LogP) is 2.60. The zero-order valence-corrected chi connectivity index (χ0v) is 12.2. The largest absolute Gasteiger partial charge is 0.508 e. The highest BCUT2D eigenvalue weighted by Gasteiger charge is 2.38. The number of nitrogens with zero attached hydrogens (tertiary/aromatic N) is 1. The van der Waals surface area contributed by atoms with Crippen molar-refractivity contribution in [1.29, 1.82) is 0 Å². The summed E-state index contributed by atoms with van der Waals surface area (Å²) in [6.07, 6.45) is -3.69. The summed E-state index contributed by atoms with van der Waals surface area (Å²) in [5.41, 5.74) is 0.687. The van der Waals surface area contributed by atoms with E-state index in [9.17, 15) is 23.1 Å². The Balaban J connectivity index is 2.01. The van der Waals surface area contributed by atoms with Gasteiger partial charge in [-0.05, 0) is 12.5 Å². The number of para-hydroxylation sites is 1. The monoisotopic (exact) mass is 316 g/mol. The number of rotatable bonds is 5. The smallest absolute Gasteiger partial charge is 0.406 e. The number of phenols is 1. The second-order valence-electron chi connectivity index (χ2n) is 5.48. The van der Waals surface area contributed by atoms with Crippen molar-refractivity contribution in [3.05, 3.63) is 29.8 Å². The third kappa shape index (κ3) is 4.13. The van der Waals surface area contributed by atoms with Crippen molar-refractivity contribution in [2.45, 2.75) is 38.0 Å². The highest BCUT2D eigenvalue weighted by molar-refractivity contribution is 5.79. The Morgan fingerprint density at radius 1 is 1.41 bits per heavy atom. The maximum Gasteiger partial charge on any atom is 0.406 e. The van der Waals surface area contributed by atoms with Gasteiger partial charge in [-0.15, -0.1) is 0 Å². The molecule has 4 nitrogen and oxygen atoms in total. The quantitative estimate of drug-likeness (QED) is 0.878. The average Bonchev–Trinajstić information content (AvgIpc) is 2.75. The molecule has 2 atom stereocenters. The molecule has 1 aromatic carbocycles. The van der Waals surface area contributed by atoms with Gasteiger partial charge in [0, 0.05) is 30.6 Å². The lowest BCUT2D eigenvalue weighted by molar-refractivity contribution is -0.157. The van der Waals surface area contributed by atoms with Crippen LogP contribution in [0.25, 0.3) is 0 Å². The molecular weight excluding hydrogens is 297 g/mol. The Labute approximate surface area is 126 Å². The van der Waals surface area contributed by atoms with Crippen LogP contribution >= 0.6 is 0 Å². The van der Waals surface area contributed by atoms with Crippen LogP contribution in [0.1, 0.15) is 31.4 Å². The Kier molecular flexibility index (Phi) is 4.95. The molecule has 2 N–H and O–H groups in total. The van der Waals surface area contributed by atoms with Gasteiger partial charge in [-0.1, -0.05) is 25.1 Å². The zero-order valence-electron chi connectivity index (χ0n) is 12.2. The van der Waals surface area contributed by atoms with Crippen LogP contribution in [0.15, 0.2) is 24.3 Å². The molecule has 0 aromatic heterocycles.